The van der Waals surface area contributed by atoms with Crippen molar-refractivity contribution in [1.82, 2.24) is 4.90 Å². The summed E-state index contributed by atoms with van der Waals surface area (Å²) in [7, 11) is 1.60. The summed E-state index contributed by atoms with van der Waals surface area (Å²) in [4.78, 5) is 13.3. The lowest BCUT2D eigenvalue weighted by molar-refractivity contribution is -0.126. The molecule has 0 fully saturated rings. The zero-order chi connectivity index (χ0) is 14.1. The Hall–Kier alpha value is -2.25. The van der Waals surface area contributed by atoms with Crippen LogP contribution in [-0.4, -0.2) is 36.2 Å². The van der Waals surface area contributed by atoms with Gasteiger partial charge in [0.15, 0.2) is 0 Å². The van der Waals surface area contributed by atoms with Crippen molar-refractivity contribution in [2.75, 3.05) is 20.3 Å². The molecule has 0 radical (unpaired) electrons. The fraction of sp³-hybridized carbons (Fsp3) is 0.267. The number of hydrogen-bond donors (Lipinski definition) is 1. The van der Waals surface area contributed by atoms with E-state index in [0.717, 1.165) is 11.3 Å². The van der Waals surface area contributed by atoms with Gasteiger partial charge < -0.3 is 14.7 Å². The molecule has 1 aromatic carbocycles. The highest BCUT2D eigenvalue weighted by Crippen LogP contribution is 2.13. The molecule has 1 amide bonds. The molecular formula is C15H17NO3. The molecule has 0 saturated carbocycles. The van der Waals surface area contributed by atoms with Crippen molar-refractivity contribution in [3.05, 3.63) is 42.0 Å². The van der Waals surface area contributed by atoms with E-state index >= 15 is 0 Å². The van der Waals surface area contributed by atoms with Gasteiger partial charge in [0.05, 0.1) is 20.3 Å². The maximum absolute atomic E-state index is 11.8. The molecule has 1 N–H and O–H groups in total. The maximum atomic E-state index is 11.8. The number of nitrogens with zero attached hydrogens (tertiary/aromatic N) is 1. The van der Waals surface area contributed by atoms with E-state index in [4.69, 9.17) is 16.3 Å². The fourth-order valence-corrected chi connectivity index (χ4v) is 1.53. The number of amides is 1. The summed E-state index contributed by atoms with van der Waals surface area (Å²) in [5.74, 6) is 3.00. The first-order chi connectivity index (χ1) is 9.21. The number of aliphatic hydroxyl groups excluding tert-OH is 1. The quantitative estimate of drug-likeness (QED) is 0.617. The summed E-state index contributed by atoms with van der Waals surface area (Å²) in [6, 6.07) is 7.42. The van der Waals surface area contributed by atoms with Gasteiger partial charge in [-0.25, -0.2) is 0 Å². The molecule has 0 aliphatic heterocycles. The smallest absolute Gasteiger partial charge is 0.247 e. The predicted octanol–water partition coefficient (Wildman–Crippen LogP) is 1.21. The van der Waals surface area contributed by atoms with Crippen molar-refractivity contribution in [1.29, 1.82) is 0 Å². The summed E-state index contributed by atoms with van der Waals surface area (Å²) in [5.41, 5.74) is 0.960. The Bertz CT molecular complexity index is 471. The summed E-state index contributed by atoms with van der Waals surface area (Å²) in [6.07, 6.45) is 7.97. The standard InChI is InChI=1S/C15H17NO3/c1-3-10-16(15(18)5-4-11-17)12-13-6-8-14(19-2)9-7-13/h1,4-9,17H,10-12H2,2H3/b5-4-. The molecule has 100 valence electrons. The minimum atomic E-state index is -0.220. The van der Waals surface area contributed by atoms with Crippen molar-refractivity contribution in [2.45, 2.75) is 6.54 Å². The van der Waals surface area contributed by atoms with Crippen molar-refractivity contribution in [3.8, 4) is 18.1 Å². The predicted molar refractivity (Wildman–Crippen MR) is 73.5 cm³/mol. The van der Waals surface area contributed by atoms with E-state index in [9.17, 15) is 4.79 Å². The van der Waals surface area contributed by atoms with E-state index in [2.05, 4.69) is 5.92 Å². The maximum Gasteiger partial charge on any atom is 0.247 e. The molecule has 0 unspecified atom stereocenters. The number of aliphatic hydroxyl groups is 1. The van der Waals surface area contributed by atoms with Crippen LogP contribution in [0.5, 0.6) is 5.75 Å². The van der Waals surface area contributed by atoms with Crippen LogP contribution in [-0.2, 0) is 11.3 Å². The first kappa shape index (κ1) is 14.8. The van der Waals surface area contributed by atoms with Crippen LogP contribution in [0.15, 0.2) is 36.4 Å². The normalized spacial score (nSPS) is 10.2. The third-order valence-corrected chi connectivity index (χ3v) is 2.49. The number of carbonyl (C=O) groups excluding carboxylic acids is 1. The number of terminal acetylenes is 1. The van der Waals surface area contributed by atoms with E-state index in [-0.39, 0.29) is 19.1 Å². The molecule has 0 aliphatic rings. The van der Waals surface area contributed by atoms with Crippen molar-refractivity contribution in [2.24, 2.45) is 0 Å². The van der Waals surface area contributed by atoms with E-state index in [1.165, 1.54) is 17.1 Å². The van der Waals surface area contributed by atoms with E-state index in [0.29, 0.717) is 6.54 Å². The van der Waals surface area contributed by atoms with Crippen LogP contribution in [0, 0.1) is 12.3 Å². The minimum absolute atomic E-state index is 0.168. The molecule has 1 rings (SSSR count). The highest BCUT2D eigenvalue weighted by molar-refractivity contribution is 5.87. The first-order valence-corrected chi connectivity index (χ1v) is 5.84. The molecule has 0 spiro atoms. The monoisotopic (exact) mass is 259 g/mol. The van der Waals surface area contributed by atoms with Gasteiger partial charge >= 0.3 is 0 Å². The number of methoxy groups -OCH3 is 1. The third-order valence-electron chi connectivity index (χ3n) is 2.49. The first-order valence-electron chi connectivity index (χ1n) is 5.84. The molecular weight excluding hydrogens is 242 g/mol. The average Bonchev–Trinajstić information content (AvgIpc) is 2.45. The van der Waals surface area contributed by atoms with Crippen LogP contribution in [0.3, 0.4) is 0 Å². The molecule has 4 heteroatoms. The Labute approximate surface area is 113 Å². The highest BCUT2D eigenvalue weighted by atomic mass is 16.5. The molecule has 0 heterocycles. The summed E-state index contributed by atoms with van der Waals surface area (Å²) < 4.78 is 5.07. The second kappa shape index (κ2) is 7.96. The minimum Gasteiger partial charge on any atom is -0.497 e. The summed E-state index contributed by atoms with van der Waals surface area (Å²) in [5, 5.41) is 8.66. The Morgan fingerprint density at radius 3 is 2.68 bits per heavy atom. The van der Waals surface area contributed by atoms with Gasteiger partial charge in [-0.3, -0.25) is 4.79 Å². The molecule has 1 aromatic rings. The molecule has 0 bridgehead atoms. The van der Waals surface area contributed by atoms with Crippen LogP contribution in [0.4, 0.5) is 0 Å². The van der Waals surface area contributed by atoms with Gasteiger partial charge in [0.25, 0.3) is 0 Å². The molecule has 0 saturated heterocycles. The van der Waals surface area contributed by atoms with Crippen molar-refractivity contribution in [3.63, 3.8) is 0 Å². The van der Waals surface area contributed by atoms with Gasteiger partial charge in [0.2, 0.25) is 5.91 Å². The molecule has 4 nitrogen and oxygen atoms in total. The molecule has 0 aliphatic carbocycles. The Balaban J connectivity index is 2.74. The molecule has 0 atom stereocenters. The third kappa shape index (κ3) is 4.86. The SMILES string of the molecule is C#CCN(Cc1ccc(OC)cc1)C(=O)/C=C\CO. The topological polar surface area (TPSA) is 49.8 Å². The Morgan fingerprint density at radius 2 is 2.16 bits per heavy atom. The van der Waals surface area contributed by atoms with Crippen LogP contribution in [0.25, 0.3) is 0 Å². The van der Waals surface area contributed by atoms with Gasteiger partial charge in [-0.15, -0.1) is 6.42 Å². The number of rotatable bonds is 6. The zero-order valence-corrected chi connectivity index (χ0v) is 10.9. The largest absolute Gasteiger partial charge is 0.497 e. The molecule has 19 heavy (non-hydrogen) atoms. The van der Waals surface area contributed by atoms with Crippen LogP contribution in [0.1, 0.15) is 5.56 Å². The van der Waals surface area contributed by atoms with E-state index < -0.39 is 0 Å². The zero-order valence-electron chi connectivity index (χ0n) is 10.9. The van der Waals surface area contributed by atoms with Gasteiger partial charge in [-0.05, 0) is 17.7 Å². The Morgan fingerprint density at radius 1 is 1.47 bits per heavy atom. The van der Waals surface area contributed by atoms with Gasteiger partial charge in [-0.2, -0.15) is 0 Å². The molecule has 0 aromatic heterocycles. The van der Waals surface area contributed by atoms with Crippen LogP contribution >= 0.6 is 0 Å². The lowest BCUT2D eigenvalue weighted by Crippen LogP contribution is -2.29. The van der Waals surface area contributed by atoms with E-state index in [1.807, 2.05) is 24.3 Å². The second-order valence-corrected chi connectivity index (χ2v) is 3.83. The number of hydrogen-bond acceptors (Lipinski definition) is 3. The van der Waals surface area contributed by atoms with Crippen LogP contribution in [0.2, 0.25) is 0 Å². The van der Waals surface area contributed by atoms with Gasteiger partial charge in [0.1, 0.15) is 5.75 Å². The highest BCUT2D eigenvalue weighted by Gasteiger charge is 2.09. The lowest BCUT2D eigenvalue weighted by atomic mass is 10.2. The van der Waals surface area contributed by atoms with Gasteiger partial charge in [-0.1, -0.05) is 24.1 Å². The second-order valence-electron chi connectivity index (χ2n) is 3.83. The number of benzene rings is 1. The van der Waals surface area contributed by atoms with E-state index in [1.54, 1.807) is 7.11 Å². The van der Waals surface area contributed by atoms with Crippen molar-refractivity contribution >= 4 is 5.91 Å². The van der Waals surface area contributed by atoms with Crippen LogP contribution < -0.4 is 4.74 Å². The lowest BCUT2D eigenvalue weighted by Gasteiger charge is -2.18. The summed E-state index contributed by atoms with van der Waals surface area (Å²) >= 11 is 0. The average molecular weight is 259 g/mol. The van der Waals surface area contributed by atoms with Gasteiger partial charge in [0, 0.05) is 12.6 Å². The fourth-order valence-electron chi connectivity index (χ4n) is 1.53. The summed E-state index contributed by atoms with van der Waals surface area (Å²) in [6.45, 7) is 0.474. The number of ether oxygens (including phenoxy) is 1. The number of carbonyl (C=O) groups is 1. The van der Waals surface area contributed by atoms with Crippen molar-refractivity contribution < 1.29 is 14.6 Å². The Kier molecular flexibility index (Phi) is 6.20.